The second-order valence-corrected chi connectivity index (χ2v) is 6.87. The summed E-state index contributed by atoms with van der Waals surface area (Å²) in [5.74, 6) is 1.37. The fourth-order valence-electron chi connectivity index (χ4n) is 3.80. The Morgan fingerprint density at radius 1 is 1.38 bits per heavy atom. The molecule has 1 aliphatic rings. The smallest absolute Gasteiger partial charge is 0.227 e. The van der Waals surface area contributed by atoms with Gasteiger partial charge in [0.1, 0.15) is 5.75 Å². The molecule has 0 bridgehead atoms. The molecule has 0 spiro atoms. The molecule has 1 aliphatic heterocycles. The van der Waals surface area contributed by atoms with Gasteiger partial charge >= 0.3 is 0 Å². The van der Waals surface area contributed by atoms with Crippen molar-refractivity contribution in [1.29, 1.82) is 0 Å². The molecule has 134 valence electrons. The quantitative estimate of drug-likeness (QED) is 0.784. The lowest BCUT2D eigenvalue weighted by molar-refractivity contribution is -0.131. The zero-order valence-corrected chi connectivity index (χ0v) is 14.9. The second-order valence-electron chi connectivity index (χ2n) is 6.87. The van der Waals surface area contributed by atoms with E-state index in [0.717, 1.165) is 48.1 Å². The molecular formula is C21H23N3O2. The van der Waals surface area contributed by atoms with Crippen LogP contribution < -0.4 is 4.74 Å². The van der Waals surface area contributed by atoms with Crippen molar-refractivity contribution in [2.45, 2.75) is 25.2 Å². The SMILES string of the molecule is COc1ccc2[nH]cc(CC(=O)N3CCCC(c4cccnc4)C3)c2c1. The number of fused-ring (bicyclic) bond motifs is 1. The Morgan fingerprint density at radius 2 is 2.31 bits per heavy atom. The standard InChI is InChI=1S/C21H23N3O2/c1-26-18-6-7-20-19(11-18)17(13-23-20)10-21(25)24-9-3-5-16(14-24)15-4-2-8-22-12-15/h2,4,6-8,11-13,16,23H,3,5,9-10,14H2,1H3. The van der Waals surface area contributed by atoms with Gasteiger partial charge in [0.25, 0.3) is 0 Å². The van der Waals surface area contributed by atoms with Crippen molar-refractivity contribution in [2.24, 2.45) is 0 Å². The maximum Gasteiger partial charge on any atom is 0.227 e. The van der Waals surface area contributed by atoms with Gasteiger partial charge in [0.2, 0.25) is 5.91 Å². The largest absolute Gasteiger partial charge is 0.497 e. The number of hydrogen-bond acceptors (Lipinski definition) is 3. The molecule has 1 saturated heterocycles. The number of pyridine rings is 1. The van der Waals surface area contributed by atoms with Gasteiger partial charge in [-0.15, -0.1) is 0 Å². The number of methoxy groups -OCH3 is 1. The van der Waals surface area contributed by atoms with E-state index in [0.29, 0.717) is 12.3 Å². The number of carbonyl (C=O) groups is 1. The topological polar surface area (TPSA) is 58.2 Å². The highest BCUT2D eigenvalue weighted by atomic mass is 16.5. The van der Waals surface area contributed by atoms with Gasteiger partial charge in [-0.1, -0.05) is 6.07 Å². The van der Waals surface area contributed by atoms with Crippen molar-refractivity contribution < 1.29 is 9.53 Å². The third kappa shape index (κ3) is 3.29. The van der Waals surface area contributed by atoms with Crippen LogP contribution in [0.4, 0.5) is 0 Å². The highest BCUT2D eigenvalue weighted by Crippen LogP contribution is 2.28. The zero-order chi connectivity index (χ0) is 17.9. The molecule has 2 aromatic heterocycles. The summed E-state index contributed by atoms with van der Waals surface area (Å²) in [6.07, 6.45) is 8.20. The predicted molar refractivity (Wildman–Crippen MR) is 101 cm³/mol. The lowest BCUT2D eigenvalue weighted by Gasteiger charge is -2.33. The molecular weight excluding hydrogens is 326 g/mol. The van der Waals surface area contributed by atoms with Crippen LogP contribution in [0.1, 0.15) is 29.9 Å². The van der Waals surface area contributed by atoms with Gasteiger partial charge in [0.05, 0.1) is 13.5 Å². The van der Waals surface area contributed by atoms with Crippen LogP contribution in [0, 0.1) is 0 Å². The molecule has 1 amide bonds. The fourth-order valence-corrected chi connectivity index (χ4v) is 3.80. The Bertz CT molecular complexity index is 904. The summed E-state index contributed by atoms with van der Waals surface area (Å²) in [5, 5.41) is 1.05. The number of benzene rings is 1. The van der Waals surface area contributed by atoms with Gasteiger partial charge in [-0.2, -0.15) is 0 Å². The number of aromatic nitrogens is 2. The average Bonchev–Trinajstić information content (AvgIpc) is 3.10. The first kappa shape index (κ1) is 16.6. The Kier molecular flexibility index (Phi) is 4.61. The minimum absolute atomic E-state index is 0.183. The molecule has 5 heteroatoms. The van der Waals surface area contributed by atoms with E-state index in [2.05, 4.69) is 16.0 Å². The first-order valence-electron chi connectivity index (χ1n) is 9.06. The van der Waals surface area contributed by atoms with E-state index in [4.69, 9.17) is 4.74 Å². The van der Waals surface area contributed by atoms with Crippen molar-refractivity contribution in [3.05, 3.63) is 60.0 Å². The Labute approximate surface area is 153 Å². The van der Waals surface area contributed by atoms with Crippen molar-refractivity contribution in [1.82, 2.24) is 14.9 Å². The summed E-state index contributed by atoms with van der Waals surface area (Å²) in [5.41, 5.74) is 3.27. The molecule has 26 heavy (non-hydrogen) atoms. The molecule has 1 aromatic carbocycles. The van der Waals surface area contributed by atoms with Crippen LogP contribution in [0.25, 0.3) is 10.9 Å². The van der Waals surface area contributed by atoms with Gasteiger partial charge < -0.3 is 14.6 Å². The van der Waals surface area contributed by atoms with Crippen LogP contribution in [-0.2, 0) is 11.2 Å². The molecule has 0 aliphatic carbocycles. The van der Waals surface area contributed by atoms with Gasteiger partial charge in [-0.05, 0) is 48.2 Å². The first-order chi connectivity index (χ1) is 12.7. The summed E-state index contributed by atoms with van der Waals surface area (Å²) in [7, 11) is 1.66. The maximum atomic E-state index is 12.9. The summed E-state index contributed by atoms with van der Waals surface area (Å²) in [4.78, 5) is 22.4. The van der Waals surface area contributed by atoms with E-state index < -0.39 is 0 Å². The van der Waals surface area contributed by atoms with E-state index in [1.54, 1.807) is 13.3 Å². The number of rotatable bonds is 4. The summed E-state index contributed by atoms with van der Waals surface area (Å²) in [6, 6.07) is 9.98. The molecule has 5 nitrogen and oxygen atoms in total. The molecule has 4 rings (SSSR count). The Hall–Kier alpha value is -2.82. The van der Waals surface area contributed by atoms with E-state index in [1.807, 2.05) is 41.6 Å². The normalized spacial score (nSPS) is 17.4. The number of carbonyl (C=O) groups excluding carboxylic acids is 1. The van der Waals surface area contributed by atoms with Gasteiger partial charge in [-0.3, -0.25) is 9.78 Å². The van der Waals surface area contributed by atoms with Crippen molar-refractivity contribution in [3.63, 3.8) is 0 Å². The maximum absolute atomic E-state index is 12.9. The first-order valence-corrected chi connectivity index (χ1v) is 9.06. The van der Waals surface area contributed by atoms with E-state index in [1.165, 1.54) is 5.56 Å². The number of hydrogen-bond donors (Lipinski definition) is 1. The molecule has 3 heterocycles. The average molecular weight is 349 g/mol. The van der Waals surface area contributed by atoms with Crippen LogP contribution in [-0.4, -0.2) is 41.0 Å². The molecule has 3 aromatic rings. The summed E-state index contributed by atoms with van der Waals surface area (Å²) >= 11 is 0. The van der Waals surface area contributed by atoms with E-state index >= 15 is 0 Å². The van der Waals surface area contributed by atoms with Gasteiger partial charge in [0.15, 0.2) is 0 Å². The fraction of sp³-hybridized carbons (Fsp3) is 0.333. The van der Waals surface area contributed by atoms with Crippen LogP contribution in [0.3, 0.4) is 0 Å². The van der Waals surface area contributed by atoms with Gasteiger partial charge in [0, 0.05) is 48.5 Å². The van der Waals surface area contributed by atoms with Crippen LogP contribution in [0.5, 0.6) is 5.75 Å². The molecule has 0 saturated carbocycles. The van der Waals surface area contributed by atoms with Crippen molar-refractivity contribution in [2.75, 3.05) is 20.2 Å². The van der Waals surface area contributed by atoms with E-state index in [-0.39, 0.29) is 5.91 Å². The minimum Gasteiger partial charge on any atom is -0.497 e. The molecule has 0 radical (unpaired) electrons. The molecule has 1 fully saturated rings. The highest BCUT2D eigenvalue weighted by molar-refractivity contribution is 5.89. The second kappa shape index (κ2) is 7.20. The Morgan fingerprint density at radius 3 is 3.12 bits per heavy atom. The molecule has 1 N–H and O–H groups in total. The van der Waals surface area contributed by atoms with E-state index in [9.17, 15) is 4.79 Å². The Balaban J connectivity index is 1.49. The molecule has 1 unspecified atom stereocenters. The number of likely N-dealkylation sites (tertiary alicyclic amines) is 1. The number of amides is 1. The number of ether oxygens (including phenoxy) is 1. The minimum atomic E-state index is 0.183. The third-order valence-electron chi connectivity index (χ3n) is 5.25. The lowest BCUT2D eigenvalue weighted by Crippen LogP contribution is -2.39. The highest BCUT2D eigenvalue weighted by Gasteiger charge is 2.25. The summed E-state index contributed by atoms with van der Waals surface area (Å²) in [6.45, 7) is 1.61. The predicted octanol–water partition coefficient (Wildman–Crippen LogP) is 3.52. The van der Waals surface area contributed by atoms with Crippen molar-refractivity contribution in [3.8, 4) is 5.75 Å². The van der Waals surface area contributed by atoms with Crippen LogP contribution >= 0.6 is 0 Å². The number of aromatic amines is 1. The van der Waals surface area contributed by atoms with Crippen LogP contribution in [0.2, 0.25) is 0 Å². The summed E-state index contributed by atoms with van der Waals surface area (Å²) < 4.78 is 5.32. The number of piperidine rings is 1. The van der Waals surface area contributed by atoms with Crippen LogP contribution in [0.15, 0.2) is 48.9 Å². The zero-order valence-electron chi connectivity index (χ0n) is 14.9. The third-order valence-corrected chi connectivity index (χ3v) is 5.25. The number of nitrogens with one attached hydrogen (secondary N) is 1. The lowest BCUT2D eigenvalue weighted by atomic mass is 9.91. The number of H-pyrrole nitrogens is 1. The van der Waals surface area contributed by atoms with Crippen molar-refractivity contribution >= 4 is 16.8 Å². The number of nitrogens with zero attached hydrogens (tertiary/aromatic N) is 2. The van der Waals surface area contributed by atoms with Gasteiger partial charge in [-0.25, -0.2) is 0 Å². The molecule has 1 atom stereocenters. The monoisotopic (exact) mass is 349 g/mol.